The number of hydrogen-bond acceptors (Lipinski definition) is 0. The van der Waals surface area contributed by atoms with E-state index in [1.807, 2.05) is 18.2 Å². The van der Waals surface area contributed by atoms with Gasteiger partial charge in [0.2, 0.25) is 0 Å². The van der Waals surface area contributed by atoms with Gasteiger partial charge >= 0.3 is 0 Å². The molecule has 0 atom stereocenters. The maximum atomic E-state index is 6.02. The summed E-state index contributed by atoms with van der Waals surface area (Å²) < 4.78 is 0. The van der Waals surface area contributed by atoms with E-state index in [0.717, 1.165) is 28.5 Å². The second-order valence-electron chi connectivity index (χ2n) is 2.86. The quantitative estimate of drug-likeness (QED) is 0.593. The third-order valence-corrected chi connectivity index (χ3v) is 2.78. The number of hydrogen-bond donors (Lipinski definition) is 0. The molecule has 1 aromatic carbocycles. The summed E-state index contributed by atoms with van der Waals surface area (Å²) >= 11 is 12.0. The summed E-state index contributed by atoms with van der Waals surface area (Å²) in [5.74, 6) is 0. The van der Waals surface area contributed by atoms with Gasteiger partial charge in [-0.1, -0.05) is 35.4 Å². The zero-order valence-electron chi connectivity index (χ0n) is 6.48. The molecule has 2 rings (SSSR count). The molecule has 1 aliphatic carbocycles. The lowest BCUT2D eigenvalue weighted by molar-refractivity contribution is 0.986. The fourth-order valence-electron chi connectivity index (χ4n) is 1.47. The summed E-state index contributed by atoms with van der Waals surface area (Å²) in [6.07, 6.45) is 6.25. The van der Waals surface area contributed by atoms with Gasteiger partial charge in [0, 0.05) is 10.0 Å². The second-order valence-corrected chi connectivity index (χ2v) is 3.68. The van der Waals surface area contributed by atoms with Gasteiger partial charge in [0.1, 0.15) is 0 Å². The molecule has 0 saturated heterocycles. The zero-order valence-corrected chi connectivity index (χ0v) is 7.99. The van der Waals surface area contributed by atoms with Crippen LogP contribution in [0.1, 0.15) is 17.5 Å². The molecule has 0 spiro atoms. The van der Waals surface area contributed by atoms with E-state index in [1.165, 1.54) is 5.56 Å². The van der Waals surface area contributed by atoms with Crippen molar-refractivity contribution < 1.29 is 0 Å². The van der Waals surface area contributed by atoms with Crippen LogP contribution in [0.5, 0.6) is 0 Å². The zero-order chi connectivity index (χ0) is 8.55. The maximum absolute atomic E-state index is 6.02. The number of halogens is 2. The van der Waals surface area contributed by atoms with E-state index in [0.29, 0.717) is 0 Å². The molecule has 0 saturated carbocycles. The standard InChI is InChI=1S/C10H8Cl2/c11-9-5-6-10(12)8-4-2-1-3-7(8)9/h1,3,5-6H,2,4H2. The molecular formula is C10H8Cl2. The third-order valence-electron chi connectivity index (χ3n) is 2.09. The molecule has 0 aliphatic heterocycles. The van der Waals surface area contributed by atoms with Gasteiger partial charge in [0.05, 0.1) is 0 Å². The molecule has 0 amide bonds. The van der Waals surface area contributed by atoms with Crippen LogP contribution >= 0.6 is 23.2 Å². The van der Waals surface area contributed by atoms with Gasteiger partial charge in [-0.3, -0.25) is 0 Å². The van der Waals surface area contributed by atoms with Crippen LogP contribution in [0.25, 0.3) is 6.08 Å². The van der Waals surface area contributed by atoms with Crippen molar-refractivity contribution in [3.63, 3.8) is 0 Å². The Labute approximate surface area is 81.8 Å². The van der Waals surface area contributed by atoms with E-state index in [1.54, 1.807) is 0 Å². The van der Waals surface area contributed by atoms with Crippen molar-refractivity contribution in [1.29, 1.82) is 0 Å². The first-order valence-electron chi connectivity index (χ1n) is 3.92. The Bertz CT molecular complexity index is 340. The molecule has 12 heavy (non-hydrogen) atoms. The van der Waals surface area contributed by atoms with Gasteiger partial charge in [-0.25, -0.2) is 0 Å². The predicted octanol–water partition coefficient (Wildman–Crippen LogP) is 3.95. The minimum Gasteiger partial charge on any atom is -0.0840 e. The first kappa shape index (κ1) is 8.15. The first-order chi connectivity index (χ1) is 5.79. The van der Waals surface area contributed by atoms with Crippen LogP contribution < -0.4 is 0 Å². The molecular weight excluding hydrogens is 191 g/mol. The monoisotopic (exact) mass is 198 g/mol. The van der Waals surface area contributed by atoms with Gasteiger partial charge in [-0.15, -0.1) is 0 Å². The van der Waals surface area contributed by atoms with Gasteiger partial charge in [0.15, 0.2) is 0 Å². The fraction of sp³-hybridized carbons (Fsp3) is 0.200. The summed E-state index contributed by atoms with van der Waals surface area (Å²) in [6.45, 7) is 0. The molecule has 2 heteroatoms. The molecule has 0 radical (unpaired) electrons. The molecule has 1 aliphatic rings. The average molecular weight is 199 g/mol. The first-order valence-corrected chi connectivity index (χ1v) is 4.68. The molecule has 1 aromatic rings. The van der Waals surface area contributed by atoms with Crippen LogP contribution in [0, 0.1) is 0 Å². The third kappa shape index (κ3) is 1.26. The van der Waals surface area contributed by atoms with Crippen molar-refractivity contribution >= 4 is 29.3 Å². The molecule has 62 valence electrons. The largest absolute Gasteiger partial charge is 0.0840 e. The van der Waals surface area contributed by atoms with E-state index in [4.69, 9.17) is 23.2 Å². The molecule has 0 fully saturated rings. The Morgan fingerprint density at radius 3 is 2.58 bits per heavy atom. The minimum absolute atomic E-state index is 0.797. The fourth-order valence-corrected chi connectivity index (χ4v) is 1.97. The van der Waals surface area contributed by atoms with E-state index in [-0.39, 0.29) is 0 Å². The smallest absolute Gasteiger partial charge is 0.0482 e. The SMILES string of the molecule is Clc1ccc(Cl)c2c1C=CCC2. The van der Waals surface area contributed by atoms with Gasteiger partial charge in [-0.2, -0.15) is 0 Å². The Balaban J connectivity index is 2.67. The lowest BCUT2D eigenvalue weighted by atomic mass is 9.97. The van der Waals surface area contributed by atoms with Crippen molar-refractivity contribution in [3.8, 4) is 0 Å². The van der Waals surface area contributed by atoms with Crippen LogP contribution in [0.3, 0.4) is 0 Å². The van der Waals surface area contributed by atoms with Crippen LogP contribution in [0.15, 0.2) is 18.2 Å². The summed E-state index contributed by atoms with van der Waals surface area (Å²) in [7, 11) is 0. The highest BCUT2D eigenvalue weighted by Gasteiger charge is 2.10. The summed E-state index contributed by atoms with van der Waals surface area (Å²) in [5, 5.41) is 1.63. The highest BCUT2D eigenvalue weighted by Crippen LogP contribution is 2.31. The van der Waals surface area contributed by atoms with Crippen LogP contribution in [0.4, 0.5) is 0 Å². The van der Waals surface area contributed by atoms with Crippen molar-refractivity contribution in [2.24, 2.45) is 0 Å². The number of allylic oxidation sites excluding steroid dienone is 1. The number of benzene rings is 1. The molecule has 0 aromatic heterocycles. The van der Waals surface area contributed by atoms with Gasteiger partial charge in [-0.05, 0) is 36.1 Å². The van der Waals surface area contributed by atoms with Gasteiger partial charge in [0.25, 0.3) is 0 Å². The second kappa shape index (κ2) is 3.12. The highest BCUT2D eigenvalue weighted by atomic mass is 35.5. The Kier molecular flexibility index (Phi) is 2.12. The van der Waals surface area contributed by atoms with Crippen molar-refractivity contribution in [2.75, 3.05) is 0 Å². The Hall–Kier alpha value is -0.460. The molecule has 0 heterocycles. The molecule has 0 bridgehead atoms. The average Bonchev–Trinajstić information content (AvgIpc) is 2.12. The lowest BCUT2D eigenvalue weighted by Crippen LogP contribution is -1.95. The van der Waals surface area contributed by atoms with Crippen LogP contribution in [0.2, 0.25) is 10.0 Å². The van der Waals surface area contributed by atoms with E-state index in [9.17, 15) is 0 Å². The Morgan fingerprint density at radius 1 is 1.08 bits per heavy atom. The topological polar surface area (TPSA) is 0 Å². The molecule has 0 nitrogen and oxygen atoms in total. The van der Waals surface area contributed by atoms with Crippen LogP contribution in [-0.4, -0.2) is 0 Å². The molecule has 0 N–H and O–H groups in total. The van der Waals surface area contributed by atoms with Gasteiger partial charge < -0.3 is 0 Å². The number of fused-ring (bicyclic) bond motifs is 1. The van der Waals surface area contributed by atoms with E-state index in [2.05, 4.69) is 6.08 Å². The van der Waals surface area contributed by atoms with Crippen molar-refractivity contribution in [2.45, 2.75) is 12.8 Å². The van der Waals surface area contributed by atoms with Crippen molar-refractivity contribution in [1.82, 2.24) is 0 Å². The lowest BCUT2D eigenvalue weighted by Gasteiger charge is -2.12. The highest BCUT2D eigenvalue weighted by molar-refractivity contribution is 6.35. The maximum Gasteiger partial charge on any atom is 0.0482 e. The Morgan fingerprint density at radius 2 is 1.83 bits per heavy atom. The summed E-state index contributed by atoms with van der Waals surface area (Å²) in [4.78, 5) is 0. The molecule has 0 unspecified atom stereocenters. The minimum atomic E-state index is 0.797. The summed E-state index contributed by atoms with van der Waals surface area (Å²) in [6, 6.07) is 3.71. The van der Waals surface area contributed by atoms with E-state index < -0.39 is 0 Å². The normalized spacial score (nSPS) is 14.5. The van der Waals surface area contributed by atoms with Crippen molar-refractivity contribution in [3.05, 3.63) is 39.4 Å². The predicted molar refractivity (Wildman–Crippen MR) is 53.8 cm³/mol. The summed E-state index contributed by atoms with van der Waals surface area (Å²) in [5.41, 5.74) is 2.28. The number of rotatable bonds is 0. The van der Waals surface area contributed by atoms with Crippen LogP contribution in [-0.2, 0) is 6.42 Å². The van der Waals surface area contributed by atoms with E-state index >= 15 is 0 Å².